The fraction of sp³-hybridized carbons (Fsp3) is 0.304. The lowest BCUT2D eigenvalue weighted by Gasteiger charge is -2.15. The van der Waals surface area contributed by atoms with Crippen LogP contribution in [0.1, 0.15) is 33.4 Å². The first kappa shape index (κ1) is 23.3. The number of amides is 2. The van der Waals surface area contributed by atoms with Crippen molar-refractivity contribution >= 4 is 22.8 Å². The van der Waals surface area contributed by atoms with Crippen LogP contribution in [0.2, 0.25) is 0 Å². The molecule has 9 heteroatoms. The van der Waals surface area contributed by atoms with Crippen LogP contribution in [0.5, 0.6) is 5.75 Å². The zero-order chi connectivity index (χ0) is 22.9. The summed E-state index contributed by atoms with van der Waals surface area (Å²) in [4.78, 5) is 24.2. The molecule has 2 aromatic carbocycles. The topological polar surface area (TPSA) is 119 Å². The molecule has 2 amide bonds. The van der Waals surface area contributed by atoms with Crippen LogP contribution in [0.4, 0.5) is 0 Å². The van der Waals surface area contributed by atoms with E-state index in [9.17, 15) is 9.59 Å². The lowest BCUT2D eigenvalue weighted by Crippen LogP contribution is -2.33. The Bertz CT molecular complexity index is 1050. The molecule has 9 nitrogen and oxygen atoms in total. The number of rotatable bonds is 11. The third-order valence-electron chi connectivity index (χ3n) is 4.69. The van der Waals surface area contributed by atoms with E-state index in [0.717, 1.165) is 5.39 Å². The minimum Gasteiger partial charge on any atom is -0.489 e. The highest BCUT2D eigenvalue weighted by atomic mass is 16.5. The van der Waals surface area contributed by atoms with Crippen LogP contribution in [0.3, 0.4) is 0 Å². The fourth-order valence-corrected chi connectivity index (χ4v) is 3.08. The predicted octanol–water partition coefficient (Wildman–Crippen LogP) is 2.91. The van der Waals surface area contributed by atoms with E-state index in [1.165, 1.54) is 12.1 Å². The van der Waals surface area contributed by atoms with Crippen molar-refractivity contribution in [3.63, 3.8) is 0 Å². The first-order chi connectivity index (χ1) is 15.5. The molecule has 1 aromatic heterocycles. The lowest BCUT2D eigenvalue weighted by molar-refractivity contribution is 0.0608. The van der Waals surface area contributed by atoms with Crippen molar-refractivity contribution in [1.29, 1.82) is 0 Å². The van der Waals surface area contributed by atoms with Crippen LogP contribution in [-0.2, 0) is 16.1 Å². The van der Waals surface area contributed by atoms with Crippen molar-refractivity contribution < 1.29 is 33.4 Å². The number of methoxy groups -OCH3 is 1. The molecule has 170 valence electrons. The number of hydrogen-bond donors (Lipinski definition) is 3. The summed E-state index contributed by atoms with van der Waals surface area (Å²) < 4.78 is 22.2. The second-order valence-corrected chi connectivity index (χ2v) is 7.06. The van der Waals surface area contributed by atoms with Gasteiger partial charge in [0, 0.05) is 23.6 Å². The third-order valence-corrected chi connectivity index (χ3v) is 4.69. The largest absolute Gasteiger partial charge is 0.489 e. The van der Waals surface area contributed by atoms with Gasteiger partial charge in [-0.15, -0.1) is 0 Å². The number of hydroxylamine groups is 1. The number of nitrogens with one attached hydrogen (secondary N) is 2. The summed E-state index contributed by atoms with van der Waals surface area (Å²) in [5, 5.41) is 12.3. The monoisotopic (exact) mass is 442 g/mol. The molecule has 0 saturated heterocycles. The smallest absolute Gasteiger partial charge is 0.287 e. The van der Waals surface area contributed by atoms with Crippen molar-refractivity contribution in [3.8, 4) is 5.75 Å². The van der Waals surface area contributed by atoms with Crippen molar-refractivity contribution in [2.75, 3.05) is 26.9 Å². The summed E-state index contributed by atoms with van der Waals surface area (Å²) in [5.74, 6) is -0.242. The number of ether oxygens (including phenoxy) is 3. The normalized spacial score (nSPS) is 11.8. The molecule has 0 fully saturated rings. The van der Waals surface area contributed by atoms with Crippen LogP contribution in [0.25, 0.3) is 11.0 Å². The molecule has 3 aromatic rings. The predicted molar refractivity (Wildman–Crippen MR) is 116 cm³/mol. The van der Waals surface area contributed by atoms with Crippen LogP contribution in [0, 0.1) is 0 Å². The van der Waals surface area contributed by atoms with Crippen molar-refractivity contribution in [1.82, 2.24) is 10.8 Å². The molecule has 1 unspecified atom stereocenters. The molecule has 0 aliphatic rings. The Labute approximate surface area is 185 Å². The summed E-state index contributed by atoms with van der Waals surface area (Å²) in [5.41, 5.74) is 3.16. The summed E-state index contributed by atoms with van der Waals surface area (Å²) in [6.45, 7) is 3.13. The van der Waals surface area contributed by atoms with Gasteiger partial charge in [-0.3, -0.25) is 14.8 Å². The summed E-state index contributed by atoms with van der Waals surface area (Å²) in [7, 11) is 1.60. The molecule has 0 spiro atoms. The summed E-state index contributed by atoms with van der Waals surface area (Å²) in [6.07, 6.45) is -0.345. The summed E-state index contributed by atoms with van der Waals surface area (Å²) >= 11 is 0. The highest BCUT2D eigenvalue weighted by Gasteiger charge is 2.21. The van der Waals surface area contributed by atoms with E-state index in [0.29, 0.717) is 35.7 Å². The zero-order valence-corrected chi connectivity index (χ0v) is 17.9. The first-order valence-corrected chi connectivity index (χ1v) is 10.1. The number of para-hydroxylation sites is 1. The van der Waals surface area contributed by atoms with Crippen molar-refractivity contribution in [3.05, 3.63) is 65.4 Å². The number of benzene rings is 2. The van der Waals surface area contributed by atoms with Crippen LogP contribution >= 0.6 is 0 Å². The Balaban J connectivity index is 1.62. The van der Waals surface area contributed by atoms with Crippen LogP contribution in [0.15, 0.2) is 52.9 Å². The van der Waals surface area contributed by atoms with E-state index in [1.54, 1.807) is 30.8 Å². The quantitative estimate of drug-likeness (QED) is 0.237. The Kier molecular flexibility index (Phi) is 8.20. The number of carbonyl (C=O) groups is 2. The van der Waals surface area contributed by atoms with Gasteiger partial charge in [0.25, 0.3) is 11.8 Å². The van der Waals surface area contributed by atoms with E-state index >= 15 is 0 Å². The van der Waals surface area contributed by atoms with Crippen molar-refractivity contribution in [2.24, 2.45) is 0 Å². The van der Waals surface area contributed by atoms with Gasteiger partial charge in [0.15, 0.2) is 5.76 Å². The van der Waals surface area contributed by atoms with Gasteiger partial charge in [-0.1, -0.05) is 18.2 Å². The SMILES string of the molecule is COCCOCc1c(C(=O)NCC(C)Oc2ccc(C(=O)NO)cc2)oc2ccccc12. The molecule has 1 heterocycles. The van der Waals surface area contributed by atoms with Gasteiger partial charge >= 0.3 is 0 Å². The molecule has 0 aliphatic heterocycles. The molecular weight excluding hydrogens is 416 g/mol. The molecule has 32 heavy (non-hydrogen) atoms. The molecule has 0 saturated carbocycles. The second-order valence-electron chi connectivity index (χ2n) is 7.06. The van der Waals surface area contributed by atoms with Gasteiger partial charge in [0.05, 0.1) is 26.4 Å². The van der Waals surface area contributed by atoms with Crippen molar-refractivity contribution in [2.45, 2.75) is 19.6 Å². The Morgan fingerprint density at radius 1 is 1.06 bits per heavy atom. The zero-order valence-electron chi connectivity index (χ0n) is 17.9. The maximum atomic E-state index is 12.8. The standard InChI is InChI=1S/C23H26N2O7/c1-15(31-17-9-7-16(8-10-17)22(26)25-28)13-24-23(27)21-19(14-30-12-11-29-2)18-5-3-4-6-20(18)32-21/h3-10,15,28H,11-14H2,1-2H3,(H,24,27)(H,25,26). The van der Waals surface area contributed by atoms with E-state index in [4.69, 9.17) is 23.8 Å². The molecule has 0 bridgehead atoms. The van der Waals surface area contributed by atoms with Gasteiger partial charge in [-0.2, -0.15) is 0 Å². The Hall–Kier alpha value is -3.40. The average molecular weight is 442 g/mol. The van der Waals surface area contributed by atoms with Gasteiger partial charge in [-0.05, 0) is 37.3 Å². The van der Waals surface area contributed by atoms with Crippen LogP contribution in [-0.4, -0.2) is 50.0 Å². The summed E-state index contributed by atoms with van der Waals surface area (Å²) in [6, 6.07) is 13.7. The lowest BCUT2D eigenvalue weighted by atomic mass is 10.1. The Morgan fingerprint density at radius 2 is 1.81 bits per heavy atom. The number of fused-ring (bicyclic) bond motifs is 1. The number of furan rings is 1. The number of hydrogen-bond acceptors (Lipinski definition) is 7. The van der Waals surface area contributed by atoms with E-state index in [2.05, 4.69) is 5.32 Å². The van der Waals surface area contributed by atoms with Gasteiger partial charge in [-0.25, -0.2) is 5.48 Å². The van der Waals surface area contributed by atoms with E-state index in [1.807, 2.05) is 25.1 Å². The average Bonchev–Trinajstić information content (AvgIpc) is 3.19. The molecule has 1 atom stereocenters. The second kappa shape index (κ2) is 11.3. The fourth-order valence-electron chi connectivity index (χ4n) is 3.08. The first-order valence-electron chi connectivity index (χ1n) is 10.1. The van der Waals surface area contributed by atoms with Gasteiger partial charge < -0.3 is 23.9 Å². The molecular formula is C23H26N2O7. The minimum atomic E-state index is -0.607. The Morgan fingerprint density at radius 3 is 2.53 bits per heavy atom. The molecule has 3 N–H and O–H groups in total. The van der Waals surface area contributed by atoms with E-state index in [-0.39, 0.29) is 30.9 Å². The maximum absolute atomic E-state index is 12.8. The maximum Gasteiger partial charge on any atom is 0.287 e. The molecule has 0 aliphatic carbocycles. The third kappa shape index (κ3) is 5.85. The molecule has 3 rings (SSSR count). The highest BCUT2D eigenvalue weighted by molar-refractivity contribution is 5.99. The highest BCUT2D eigenvalue weighted by Crippen LogP contribution is 2.26. The number of carbonyl (C=O) groups excluding carboxylic acids is 2. The van der Waals surface area contributed by atoms with Gasteiger partial charge in [0.1, 0.15) is 17.4 Å². The van der Waals surface area contributed by atoms with Crippen LogP contribution < -0.4 is 15.5 Å². The van der Waals surface area contributed by atoms with E-state index < -0.39 is 5.91 Å². The van der Waals surface area contributed by atoms with Gasteiger partial charge in [0.2, 0.25) is 0 Å². The molecule has 0 radical (unpaired) electrons. The minimum absolute atomic E-state index is 0.204.